The van der Waals surface area contributed by atoms with E-state index in [1.165, 1.54) is 12.4 Å². The molecule has 0 aliphatic rings. The third-order valence-electron chi connectivity index (χ3n) is 3.71. The van der Waals surface area contributed by atoms with Gasteiger partial charge in [-0.3, -0.25) is 14.6 Å². The van der Waals surface area contributed by atoms with E-state index in [1.807, 2.05) is 11.5 Å². The largest absolute Gasteiger partial charge is 0.347 e. The van der Waals surface area contributed by atoms with E-state index in [4.69, 9.17) is 11.6 Å². The predicted octanol–water partition coefficient (Wildman–Crippen LogP) is 2.83. The number of hydrogen-bond donors (Lipinski definition) is 1. The molecule has 2 aromatic heterocycles. The van der Waals surface area contributed by atoms with E-state index in [0.717, 1.165) is 11.1 Å². The average molecular weight is 355 g/mol. The molecule has 0 atom stereocenters. The molecule has 0 fully saturated rings. The second kappa shape index (κ2) is 7.27. The Morgan fingerprint density at radius 2 is 2.08 bits per heavy atom. The average Bonchev–Trinajstić information content (AvgIpc) is 2.63. The third-order valence-corrected chi connectivity index (χ3v) is 3.95. The Balaban J connectivity index is 1.95. The number of aromatic nitrogens is 2. The van der Waals surface area contributed by atoms with Crippen LogP contribution in [-0.2, 0) is 6.54 Å². The molecule has 0 aliphatic heterocycles. The summed E-state index contributed by atoms with van der Waals surface area (Å²) in [6.07, 6.45) is 6.26. The first-order valence-electron chi connectivity index (χ1n) is 7.66. The van der Waals surface area contributed by atoms with E-state index < -0.39 is 5.91 Å². The van der Waals surface area contributed by atoms with E-state index in [9.17, 15) is 9.59 Å². The lowest BCUT2D eigenvalue weighted by atomic mass is 10.1. The Hall–Kier alpha value is -2.99. The Morgan fingerprint density at radius 1 is 1.32 bits per heavy atom. The number of halogens is 1. The zero-order valence-electron chi connectivity index (χ0n) is 13.4. The molecule has 1 N–H and O–H groups in total. The Kier molecular flexibility index (Phi) is 4.90. The van der Waals surface area contributed by atoms with Gasteiger partial charge in [0, 0.05) is 35.5 Å². The highest BCUT2D eigenvalue weighted by molar-refractivity contribution is 6.31. The van der Waals surface area contributed by atoms with Crippen molar-refractivity contribution in [1.82, 2.24) is 15.0 Å². The first kappa shape index (κ1) is 16.9. The maximum absolute atomic E-state index is 12.6. The summed E-state index contributed by atoms with van der Waals surface area (Å²) < 4.78 is 1.83. The zero-order chi connectivity index (χ0) is 17.8. The van der Waals surface area contributed by atoms with Crippen molar-refractivity contribution in [3.8, 4) is 0 Å². The number of carbonyl (C=O) groups excluding carboxylic acids is 1. The maximum Gasteiger partial charge on any atom is 0.276 e. The van der Waals surface area contributed by atoms with Crippen molar-refractivity contribution in [3.05, 3.63) is 75.3 Å². The number of fused-ring (bicyclic) bond motifs is 1. The molecule has 0 saturated carbocycles. The number of aryl methyl sites for hydroxylation is 1. The van der Waals surface area contributed by atoms with Crippen LogP contribution in [0.2, 0.25) is 5.02 Å². The second-order valence-electron chi connectivity index (χ2n) is 5.30. The van der Waals surface area contributed by atoms with Crippen molar-refractivity contribution in [2.75, 3.05) is 0 Å². The fourth-order valence-electron chi connectivity index (χ4n) is 2.47. The van der Waals surface area contributed by atoms with Gasteiger partial charge in [-0.1, -0.05) is 11.6 Å². The Morgan fingerprint density at radius 3 is 2.80 bits per heavy atom. The van der Waals surface area contributed by atoms with E-state index in [0.29, 0.717) is 17.0 Å². The molecule has 2 heterocycles. The summed E-state index contributed by atoms with van der Waals surface area (Å²) in [5.74, 6) is -0.570. The van der Waals surface area contributed by atoms with Gasteiger partial charge in [-0.2, -0.15) is 5.10 Å². The quantitative estimate of drug-likeness (QED) is 0.578. The minimum atomic E-state index is -0.570. The molecule has 0 saturated heterocycles. The molecule has 0 spiro atoms. The number of carbonyl (C=O) groups is 1. The van der Waals surface area contributed by atoms with Crippen molar-refractivity contribution in [2.45, 2.75) is 13.5 Å². The number of pyridine rings is 2. The van der Waals surface area contributed by atoms with Crippen LogP contribution >= 0.6 is 11.6 Å². The highest BCUT2D eigenvalue weighted by Crippen LogP contribution is 2.17. The molecule has 126 valence electrons. The summed E-state index contributed by atoms with van der Waals surface area (Å²) in [6, 6.07) is 8.55. The molecule has 3 rings (SSSR count). The number of hydrogen-bond acceptors (Lipinski definition) is 4. The van der Waals surface area contributed by atoms with Gasteiger partial charge >= 0.3 is 0 Å². The van der Waals surface area contributed by atoms with Gasteiger partial charge in [0.25, 0.3) is 5.91 Å². The zero-order valence-corrected chi connectivity index (χ0v) is 14.2. The highest BCUT2D eigenvalue weighted by atomic mass is 35.5. The number of benzene rings is 1. The van der Waals surface area contributed by atoms with Crippen LogP contribution in [0.15, 0.2) is 58.8 Å². The molecule has 6 nitrogen and oxygen atoms in total. The van der Waals surface area contributed by atoms with Gasteiger partial charge in [0.05, 0.1) is 11.7 Å². The molecule has 7 heteroatoms. The molecule has 3 aromatic rings. The second-order valence-corrected chi connectivity index (χ2v) is 5.74. The molecular formula is C18H15ClN4O2. The first-order chi connectivity index (χ1) is 12.1. The van der Waals surface area contributed by atoms with Crippen LogP contribution in [-0.4, -0.2) is 21.7 Å². The summed E-state index contributed by atoms with van der Waals surface area (Å²) in [4.78, 5) is 28.9. The third kappa shape index (κ3) is 3.59. The highest BCUT2D eigenvalue weighted by Gasteiger charge is 2.15. The molecule has 25 heavy (non-hydrogen) atoms. The molecular weight excluding hydrogens is 340 g/mol. The SMILES string of the molecule is CCn1cc(C(=O)N/N=C/c2ccncc2)c(=O)c2cc(Cl)ccc21. The van der Waals surface area contributed by atoms with Crippen LogP contribution in [0.5, 0.6) is 0 Å². The molecule has 1 amide bonds. The minimum Gasteiger partial charge on any atom is -0.347 e. The molecule has 0 unspecified atom stereocenters. The van der Waals surface area contributed by atoms with Crippen LogP contribution in [0.1, 0.15) is 22.8 Å². The summed E-state index contributed by atoms with van der Waals surface area (Å²) in [5, 5.41) is 4.73. The lowest BCUT2D eigenvalue weighted by molar-refractivity contribution is 0.0953. The van der Waals surface area contributed by atoms with Gasteiger partial charge in [-0.15, -0.1) is 0 Å². The van der Waals surface area contributed by atoms with Crippen molar-refractivity contribution >= 4 is 34.6 Å². The topological polar surface area (TPSA) is 76.3 Å². The first-order valence-corrected chi connectivity index (χ1v) is 8.04. The van der Waals surface area contributed by atoms with E-state index in [-0.39, 0.29) is 11.0 Å². The monoisotopic (exact) mass is 354 g/mol. The summed E-state index contributed by atoms with van der Waals surface area (Å²) in [5.41, 5.74) is 3.54. The Labute approximate surface area is 148 Å². The lowest BCUT2D eigenvalue weighted by Gasteiger charge is -2.11. The predicted molar refractivity (Wildman–Crippen MR) is 98.2 cm³/mol. The number of amides is 1. The van der Waals surface area contributed by atoms with Crippen molar-refractivity contribution in [2.24, 2.45) is 5.10 Å². The molecule has 0 bridgehead atoms. The normalized spacial score (nSPS) is 11.1. The van der Waals surface area contributed by atoms with E-state index >= 15 is 0 Å². The molecule has 1 aromatic carbocycles. The van der Waals surface area contributed by atoms with Crippen LogP contribution in [0.25, 0.3) is 10.9 Å². The smallest absolute Gasteiger partial charge is 0.276 e. The summed E-state index contributed by atoms with van der Waals surface area (Å²) in [7, 11) is 0. The Bertz CT molecular complexity index is 1010. The van der Waals surface area contributed by atoms with E-state index in [2.05, 4.69) is 15.5 Å². The van der Waals surface area contributed by atoms with Gasteiger partial charge < -0.3 is 4.57 Å². The minimum absolute atomic E-state index is 0.0171. The van der Waals surface area contributed by atoms with Gasteiger partial charge in [0.1, 0.15) is 5.56 Å². The van der Waals surface area contributed by atoms with E-state index in [1.54, 1.807) is 42.7 Å². The van der Waals surface area contributed by atoms with Crippen molar-refractivity contribution in [1.29, 1.82) is 0 Å². The lowest BCUT2D eigenvalue weighted by Crippen LogP contribution is -2.26. The fourth-order valence-corrected chi connectivity index (χ4v) is 2.64. The summed E-state index contributed by atoms with van der Waals surface area (Å²) >= 11 is 5.99. The van der Waals surface area contributed by atoms with Gasteiger partial charge in [0.15, 0.2) is 0 Å². The van der Waals surface area contributed by atoms with Gasteiger partial charge in [0.2, 0.25) is 5.43 Å². The van der Waals surface area contributed by atoms with Gasteiger partial charge in [-0.25, -0.2) is 5.43 Å². The van der Waals surface area contributed by atoms with Crippen LogP contribution in [0, 0.1) is 0 Å². The van der Waals surface area contributed by atoms with Crippen LogP contribution in [0.3, 0.4) is 0 Å². The maximum atomic E-state index is 12.6. The number of nitrogens with zero attached hydrogens (tertiary/aromatic N) is 3. The van der Waals surface area contributed by atoms with Crippen LogP contribution < -0.4 is 10.9 Å². The van der Waals surface area contributed by atoms with Crippen molar-refractivity contribution < 1.29 is 4.79 Å². The van der Waals surface area contributed by atoms with Gasteiger partial charge in [-0.05, 0) is 42.8 Å². The summed E-state index contributed by atoms with van der Waals surface area (Å²) in [6.45, 7) is 2.54. The number of hydrazone groups is 1. The number of rotatable bonds is 4. The standard InChI is InChI=1S/C18H15ClN4O2/c1-2-23-11-15(17(24)14-9-13(19)3-4-16(14)23)18(25)22-21-10-12-5-7-20-8-6-12/h3-11H,2H2,1H3,(H,22,25)/b21-10+. The molecule has 0 aliphatic carbocycles. The van der Waals surface area contributed by atoms with Crippen molar-refractivity contribution in [3.63, 3.8) is 0 Å². The number of nitrogens with one attached hydrogen (secondary N) is 1. The fraction of sp³-hybridized carbons (Fsp3) is 0.111. The molecule has 0 radical (unpaired) electrons. The van der Waals surface area contributed by atoms with Crippen LogP contribution in [0.4, 0.5) is 0 Å².